The van der Waals surface area contributed by atoms with E-state index < -0.39 is 6.10 Å². The summed E-state index contributed by atoms with van der Waals surface area (Å²) in [5.74, 6) is -0.0199. The van der Waals surface area contributed by atoms with Crippen molar-refractivity contribution in [1.82, 2.24) is 5.32 Å². The fourth-order valence-corrected chi connectivity index (χ4v) is 2.12. The molecule has 2 nitrogen and oxygen atoms in total. The largest absolute Gasteiger partial charge is 0.388 e. The first-order valence-corrected chi connectivity index (χ1v) is 5.41. The molecule has 1 aromatic carbocycles. The smallest absolute Gasteiger partial charge is 0.123 e. The van der Waals surface area contributed by atoms with E-state index >= 15 is 0 Å². The highest BCUT2D eigenvalue weighted by molar-refractivity contribution is 5.19. The van der Waals surface area contributed by atoms with Crippen LogP contribution in [0, 0.1) is 11.7 Å². The van der Waals surface area contributed by atoms with Gasteiger partial charge in [-0.05, 0) is 49.5 Å². The Bertz CT molecular complexity index is 323. The molecule has 1 aliphatic heterocycles. The Kier molecular flexibility index (Phi) is 3.34. The van der Waals surface area contributed by atoms with E-state index in [0.29, 0.717) is 5.56 Å². The van der Waals surface area contributed by atoms with Crippen LogP contribution in [0.4, 0.5) is 4.39 Å². The zero-order valence-corrected chi connectivity index (χ0v) is 8.62. The SMILES string of the molecule is O[C@@H](c1cccc(F)c1)C1CCNCC1. The monoisotopic (exact) mass is 209 g/mol. The molecule has 1 heterocycles. The Labute approximate surface area is 89.1 Å². The summed E-state index contributed by atoms with van der Waals surface area (Å²) >= 11 is 0. The van der Waals surface area contributed by atoms with Crippen molar-refractivity contribution < 1.29 is 9.50 Å². The van der Waals surface area contributed by atoms with Crippen molar-refractivity contribution in [3.8, 4) is 0 Å². The molecule has 0 saturated carbocycles. The molecule has 82 valence electrons. The number of hydrogen-bond acceptors (Lipinski definition) is 2. The molecule has 1 aromatic rings. The van der Waals surface area contributed by atoms with Gasteiger partial charge >= 0.3 is 0 Å². The lowest BCUT2D eigenvalue weighted by atomic mass is 9.88. The third-order valence-corrected chi connectivity index (χ3v) is 3.02. The van der Waals surface area contributed by atoms with Crippen LogP contribution < -0.4 is 5.32 Å². The fourth-order valence-electron chi connectivity index (χ4n) is 2.12. The minimum Gasteiger partial charge on any atom is -0.388 e. The van der Waals surface area contributed by atoms with Gasteiger partial charge in [0.15, 0.2) is 0 Å². The normalized spacial score (nSPS) is 20.1. The molecule has 0 spiro atoms. The third kappa shape index (κ3) is 2.55. The summed E-state index contributed by atoms with van der Waals surface area (Å²) in [4.78, 5) is 0. The highest BCUT2D eigenvalue weighted by Gasteiger charge is 2.22. The van der Waals surface area contributed by atoms with Crippen molar-refractivity contribution in [2.45, 2.75) is 18.9 Å². The van der Waals surface area contributed by atoms with Gasteiger partial charge in [0.1, 0.15) is 5.82 Å². The highest BCUT2D eigenvalue weighted by Crippen LogP contribution is 2.28. The van der Waals surface area contributed by atoms with Crippen LogP contribution in [0.5, 0.6) is 0 Å². The molecule has 0 aliphatic carbocycles. The van der Waals surface area contributed by atoms with Crippen molar-refractivity contribution >= 4 is 0 Å². The average molecular weight is 209 g/mol. The van der Waals surface area contributed by atoms with E-state index in [9.17, 15) is 9.50 Å². The van der Waals surface area contributed by atoms with Gasteiger partial charge in [-0.15, -0.1) is 0 Å². The second kappa shape index (κ2) is 4.73. The van der Waals surface area contributed by atoms with E-state index in [4.69, 9.17) is 0 Å². The van der Waals surface area contributed by atoms with E-state index in [1.54, 1.807) is 12.1 Å². The summed E-state index contributed by atoms with van der Waals surface area (Å²) < 4.78 is 13.0. The number of nitrogens with one attached hydrogen (secondary N) is 1. The zero-order chi connectivity index (χ0) is 10.7. The average Bonchev–Trinajstić information content (AvgIpc) is 2.29. The van der Waals surface area contributed by atoms with Gasteiger partial charge in [0.05, 0.1) is 6.10 Å². The molecule has 0 radical (unpaired) electrons. The number of halogens is 1. The van der Waals surface area contributed by atoms with E-state index in [-0.39, 0.29) is 11.7 Å². The molecular weight excluding hydrogens is 193 g/mol. The van der Waals surface area contributed by atoms with Gasteiger partial charge in [-0.3, -0.25) is 0 Å². The fraction of sp³-hybridized carbons (Fsp3) is 0.500. The van der Waals surface area contributed by atoms with Crippen molar-refractivity contribution in [1.29, 1.82) is 0 Å². The van der Waals surface area contributed by atoms with Crippen molar-refractivity contribution in [2.24, 2.45) is 5.92 Å². The van der Waals surface area contributed by atoms with Gasteiger partial charge in [0, 0.05) is 0 Å². The number of benzene rings is 1. The number of rotatable bonds is 2. The van der Waals surface area contributed by atoms with Crippen LogP contribution in [0.1, 0.15) is 24.5 Å². The Hall–Kier alpha value is -0.930. The van der Waals surface area contributed by atoms with Crippen LogP contribution in [-0.4, -0.2) is 18.2 Å². The third-order valence-electron chi connectivity index (χ3n) is 3.02. The van der Waals surface area contributed by atoms with Gasteiger partial charge in [0.2, 0.25) is 0 Å². The molecule has 0 unspecified atom stereocenters. The molecule has 1 aliphatic rings. The highest BCUT2D eigenvalue weighted by atomic mass is 19.1. The second-order valence-electron chi connectivity index (χ2n) is 4.09. The molecule has 0 aromatic heterocycles. The summed E-state index contributed by atoms with van der Waals surface area (Å²) in [5, 5.41) is 13.3. The summed E-state index contributed by atoms with van der Waals surface area (Å²) in [7, 11) is 0. The van der Waals surface area contributed by atoms with Gasteiger partial charge in [0.25, 0.3) is 0 Å². The predicted octanol–water partition coefficient (Wildman–Crippen LogP) is 1.86. The lowest BCUT2D eigenvalue weighted by Crippen LogP contribution is -2.30. The molecule has 1 atom stereocenters. The maximum atomic E-state index is 13.0. The Balaban J connectivity index is 2.08. The quantitative estimate of drug-likeness (QED) is 0.779. The van der Waals surface area contributed by atoms with Gasteiger partial charge in [-0.25, -0.2) is 4.39 Å². The molecule has 2 rings (SSSR count). The molecule has 2 N–H and O–H groups in total. The standard InChI is InChI=1S/C12H16FNO/c13-11-3-1-2-10(8-11)12(15)9-4-6-14-7-5-9/h1-3,8-9,12,14-15H,4-7H2/t12-/m1/s1. The van der Waals surface area contributed by atoms with Gasteiger partial charge in [-0.2, -0.15) is 0 Å². The molecule has 0 bridgehead atoms. The van der Waals surface area contributed by atoms with Crippen LogP contribution >= 0.6 is 0 Å². The molecule has 0 amide bonds. The maximum Gasteiger partial charge on any atom is 0.123 e. The van der Waals surface area contributed by atoms with Crippen molar-refractivity contribution in [2.75, 3.05) is 13.1 Å². The number of aliphatic hydroxyl groups is 1. The lowest BCUT2D eigenvalue weighted by Gasteiger charge is -2.27. The predicted molar refractivity (Wildman–Crippen MR) is 57.0 cm³/mol. The van der Waals surface area contributed by atoms with E-state index in [0.717, 1.165) is 25.9 Å². The number of aliphatic hydroxyl groups excluding tert-OH is 1. The van der Waals surface area contributed by atoms with Gasteiger partial charge in [-0.1, -0.05) is 12.1 Å². The van der Waals surface area contributed by atoms with Gasteiger partial charge < -0.3 is 10.4 Å². The Morgan fingerprint density at radius 1 is 1.33 bits per heavy atom. The summed E-state index contributed by atoms with van der Waals surface area (Å²) in [5.41, 5.74) is 0.696. The van der Waals surface area contributed by atoms with E-state index in [2.05, 4.69) is 5.32 Å². The van der Waals surface area contributed by atoms with Crippen LogP contribution in [0.15, 0.2) is 24.3 Å². The summed E-state index contributed by atoms with van der Waals surface area (Å²) in [6.07, 6.45) is 1.39. The maximum absolute atomic E-state index is 13.0. The Morgan fingerprint density at radius 3 is 2.73 bits per heavy atom. The summed E-state index contributed by atoms with van der Waals surface area (Å²) in [6.45, 7) is 1.88. The molecule has 3 heteroatoms. The Morgan fingerprint density at radius 2 is 2.07 bits per heavy atom. The number of hydrogen-bond donors (Lipinski definition) is 2. The van der Waals surface area contributed by atoms with Crippen molar-refractivity contribution in [3.05, 3.63) is 35.6 Å². The molecule has 15 heavy (non-hydrogen) atoms. The topological polar surface area (TPSA) is 32.3 Å². The van der Waals surface area contributed by atoms with Crippen LogP contribution in [0.25, 0.3) is 0 Å². The second-order valence-corrected chi connectivity index (χ2v) is 4.09. The van der Waals surface area contributed by atoms with Crippen LogP contribution in [0.3, 0.4) is 0 Å². The molecule has 1 fully saturated rings. The van der Waals surface area contributed by atoms with E-state index in [1.165, 1.54) is 12.1 Å². The first-order chi connectivity index (χ1) is 7.27. The minimum atomic E-state index is -0.525. The first kappa shape index (κ1) is 10.6. The summed E-state index contributed by atoms with van der Waals surface area (Å²) in [6, 6.07) is 6.26. The van der Waals surface area contributed by atoms with Crippen molar-refractivity contribution in [3.63, 3.8) is 0 Å². The first-order valence-electron chi connectivity index (χ1n) is 5.41. The van der Waals surface area contributed by atoms with E-state index in [1.807, 2.05) is 0 Å². The molecular formula is C12H16FNO. The van der Waals surface area contributed by atoms with Crippen LogP contribution in [0.2, 0.25) is 0 Å². The zero-order valence-electron chi connectivity index (χ0n) is 8.62. The minimum absolute atomic E-state index is 0.257. The number of piperidine rings is 1. The molecule has 1 saturated heterocycles. The lowest BCUT2D eigenvalue weighted by molar-refractivity contribution is 0.0886. The van der Waals surface area contributed by atoms with Crippen LogP contribution in [-0.2, 0) is 0 Å².